The Morgan fingerprint density at radius 3 is 2.63 bits per heavy atom. The van der Waals surface area contributed by atoms with E-state index in [1.807, 2.05) is 6.92 Å². The van der Waals surface area contributed by atoms with Gasteiger partial charge in [-0.3, -0.25) is 4.79 Å². The number of ether oxygens (including phenoxy) is 1. The van der Waals surface area contributed by atoms with Gasteiger partial charge in [-0.1, -0.05) is 20.8 Å². The molecule has 19 heavy (non-hydrogen) atoms. The molecule has 2 rings (SSSR count). The minimum Gasteiger partial charge on any atom is -0.368 e. The third kappa shape index (κ3) is 2.75. The number of ketones is 1. The largest absolute Gasteiger partial charge is 0.368 e. The highest BCUT2D eigenvalue weighted by Crippen LogP contribution is 2.40. The highest BCUT2D eigenvalue weighted by atomic mass is 32.1. The van der Waals surface area contributed by atoms with E-state index in [2.05, 4.69) is 27.7 Å². The summed E-state index contributed by atoms with van der Waals surface area (Å²) in [6.07, 6.45) is 2.38. The van der Waals surface area contributed by atoms with Crippen LogP contribution >= 0.6 is 11.3 Å². The van der Waals surface area contributed by atoms with Crippen LogP contribution in [0, 0.1) is 5.41 Å². The Bertz CT molecular complexity index is 492. The Balaban J connectivity index is 2.40. The van der Waals surface area contributed by atoms with Gasteiger partial charge in [-0.2, -0.15) is 0 Å². The molecule has 0 N–H and O–H groups in total. The Morgan fingerprint density at radius 2 is 2.05 bits per heavy atom. The second-order valence-corrected chi connectivity index (χ2v) is 7.25. The van der Waals surface area contributed by atoms with Gasteiger partial charge < -0.3 is 4.74 Å². The molecule has 1 aliphatic carbocycles. The van der Waals surface area contributed by atoms with Crippen LogP contribution in [-0.2, 0) is 16.8 Å². The van der Waals surface area contributed by atoms with Crippen LogP contribution in [-0.4, -0.2) is 17.4 Å². The molecule has 0 amide bonds. The maximum atomic E-state index is 12.2. The fourth-order valence-electron chi connectivity index (χ4n) is 2.58. The predicted octanol–water partition coefficient (Wildman–Crippen LogP) is 3.96. The number of rotatable bonds is 4. The highest BCUT2D eigenvalue weighted by Gasteiger charge is 2.37. The predicted molar refractivity (Wildman–Crippen MR) is 77.8 cm³/mol. The molecule has 0 fully saturated rings. The minimum atomic E-state index is -0.360. The molecule has 4 heteroatoms. The zero-order valence-corrected chi connectivity index (χ0v) is 13.3. The summed E-state index contributed by atoms with van der Waals surface area (Å²) >= 11 is 1.53. The summed E-state index contributed by atoms with van der Waals surface area (Å²) in [5.41, 5.74) is 0.644. The van der Waals surface area contributed by atoms with Crippen molar-refractivity contribution in [1.29, 1.82) is 0 Å². The van der Waals surface area contributed by atoms with Crippen molar-refractivity contribution in [3.8, 4) is 0 Å². The van der Waals surface area contributed by atoms with Crippen molar-refractivity contribution in [2.75, 3.05) is 6.61 Å². The zero-order valence-electron chi connectivity index (χ0n) is 12.5. The standard InChI is InChI=1S/C15H23NO2S/c1-6-15(5,18-7-2)13-16-10-8-14(3,4)9-11(17)12(10)19-13/h6-9H2,1-5H3. The molecule has 1 aromatic heterocycles. The van der Waals surface area contributed by atoms with Crippen molar-refractivity contribution in [1.82, 2.24) is 4.98 Å². The first-order valence-corrected chi connectivity index (χ1v) is 7.80. The fraction of sp³-hybridized carbons (Fsp3) is 0.733. The van der Waals surface area contributed by atoms with Gasteiger partial charge in [0.25, 0.3) is 0 Å². The van der Waals surface area contributed by atoms with Crippen molar-refractivity contribution in [3.63, 3.8) is 0 Å². The van der Waals surface area contributed by atoms with Crippen LogP contribution in [0.2, 0.25) is 0 Å². The van der Waals surface area contributed by atoms with Crippen molar-refractivity contribution in [2.24, 2.45) is 5.41 Å². The van der Waals surface area contributed by atoms with Gasteiger partial charge in [0.2, 0.25) is 0 Å². The average molecular weight is 281 g/mol. The van der Waals surface area contributed by atoms with E-state index < -0.39 is 0 Å². The van der Waals surface area contributed by atoms with Crippen molar-refractivity contribution in [3.05, 3.63) is 15.6 Å². The maximum Gasteiger partial charge on any atom is 0.175 e. The van der Waals surface area contributed by atoms with Gasteiger partial charge in [-0.25, -0.2) is 4.98 Å². The zero-order chi connectivity index (χ0) is 14.3. The number of fused-ring (bicyclic) bond motifs is 1. The molecule has 1 aromatic rings. The monoisotopic (exact) mass is 281 g/mol. The minimum absolute atomic E-state index is 0.0314. The molecule has 106 valence electrons. The number of hydrogen-bond acceptors (Lipinski definition) is 4. The molecule has 3 nitrogen and oxygen atoms in total. The number of hydrogen-bond donors (Lipinski definition) is 0. The summed E-state index contributed by atoms with van der Waals surface area (Å²) in [6, 6.07) is 0. The van der Waals surface area contributed by atoms with Crippen LogP contribution in [0.4, 0.5) is 0 Å². The molecule has 0 bridgehead atoms. The number of Topliss-reactive ketones (excluding diaryl/α,β-unsaturated/α-hetero) is 1. The summed E-state index contributed by atoms with van der Waals surface area (Å²) in [7, 11) is 0. The summed E-state index contributed by atoms with van der Waals surface area (Å²) < 4.78 is 5.87. The smallest absolute Gasteiger partial charge is 0.175 e. The van der Waals surface area contributed by atoms with E-state index in [4.69, 9.17) is 9.72 Å². The Morgan fingerprint density at radius 1 is 1.37 bits per heavy atom. The van der Waals surface area contributed by atoms with Crippen LogP contribution in [0.25, 0.3) is 0 Å². The molecule has 1 heterocycles. The van der Waals surface area contributed by atoms with Gasteiger partial charge in [0.1, 0.15) is 10.6 Å². The molecule has 1 atom stereocenters. The lowest BCUT2D eigenvalue weighted by Crippen LogP contribution is -2.26. The topological polar surface area (TPSA) is 39.2 Å². The molecular formula is C15H23NO2S. The Kier molecular flexibility index (Phi) is 3.85. The van der Waals surface area contributed by atoms with Crippen molar-refractivity contribution >= 4 is 17.1 Å². The Hall–Kier alpha value is -0.740. The van der Waals surface area contributed by atoms with Crippen molar-refractivity contribution in [2.45, 2.75) is 59.5 Å². The second-order valence-electron chi connectivity index (χ2n) is 6.25. The van der Waals surface area contributed by atoms with E-state index in [9.17, 15) is 4.79 Å². The third-order valence-corrected chi connectivity index (χ3v) is 5.21. The van der Waals surface area contributed by atoms with E-state index in [-0.39, 0.29) is 16.8 Å². The first-order chi connectivity index (χ1) is 8.81. The van der Waals surface area contributed by atoms with Gasteiger partial charge in [-0.15, -0.1) is 11.3 Å². The van der Waals surface area contributed by atoms with E-state index in [1.165, 1.54) is 11.3 Å². The lowest BCUT2D eigenvalue weighted by atomic mass is 9.78. The average Bonchev–Trinajstić information content (AvgIpc) is 2.72. The van der Waals surface area contributed by atoms with Crippen LogP contribution in [0.3, 0.4) is 0 Å². The number of carbonyl (C=O) groups excluding carboxylic acids is 1. The van der Waals surface area contributed by atoms with E-state index in [0.29, 0.717) is 13.0 Å². The quantitative estimate of drug-likeness (QED) is 0.838. The third-order valence-electron chi connectivity index (χ3n) is 3.83. The molecule has 1 unspecified atom stereocenters. The van der Waals surface area contributed by atoms with Gasteiger partial charge in [-0.05, 0) is 32.1 Å². The summed E-state index contributed by atoms with van der Waals surface area (Å²) in [4.78, 5) is 17.8. The SMILES string of the molecule is CCOC(C)(CC)c1nc2c(s1)C(=O)CC(C)(C)C2. The molecule has 0 spiro atoms. The lowest BCUT2D eigenvalue weighted by molar-refractivity contribution is -0.0325. The molecular weight excluding hydrogens is 258 g/mol. The summed E-state index contributed by atoms with van der Waals surface area (Å²) in [6.45, 7) is 11.1. The highest BCUT2D eigenvalue weighted by molar-refractivity contribution is 7.14. The van der Waals surface area contributed by atoms with E-state index in [1.54, 1.807) is 0 Å². The molecule has 1 aliphatic rings. The van der Waals surface area contributed by atoms with Crippen molar-refractivity contribution < 1.29 is 9.53 Å². The van der Waals surface area contributed by atoms with Gasteiger partial charge in [0.05, 0.1) is 10.6 Å². The number of carbonyl (C=O) groups is 1. The summed E-state index contributed by atoms with van der Waals surface area (Å²) in [5.74, 6) is 0.241. The maximum absolute atomic E-state index is 12.2. The molecule has 0 aromatic carbocycles. The first kappa shape index (κ1) is 14.7. The van der Waals surface area contributed by atoms with Crippen LogP contribution < -0.4 is 0 Å². The van der Waals surface area contributed by atoms with Gasteiger partial charge in [0.15, 0.2) is 5.78 Å². The molecule has 0 saturated carbocycles. The number of thiazole rings is 1. The normalized spacial score (nSPS) is 21.0. The van der Waals surface area contributed by atoms with E-state index >= 15 is 0 Å². The lowest BCUT2D eigenvalue weighted by Gasteiger charge is -2.27. The van der Waals surface area contributed by atoms with Crippen LogP contribution in [0.5, 0.6) is 0 Å². The van der Waals surface area contributed by atoms with Gasteiger partial charge in [0, 0.05) is 13.0 Å². The number of aromatic nitrogens is 1. The number of nitrogens with zero attached hydrogens (tertiary/aromatic N) is 1. The molecule has 0 aliphatic heterocycles. The summed E-state index contributed by atoms with van der Waals surface area (Å²) in [5, 5.41) is 0.952. The van der Waals surface area contributed by atoms with E-state index in [0.717, 1.165) is 28.4 Å². The fourth-order valence-corrected chi connectivity index (χ4v) is 3.77. The molecule has 0 saturated heterocycles. The first-order valence-electron chi connectivity index (χ1n) is 6.98. The van der Waals surface area contributed by atoms with Crippen LogP contribution in [0.15, 0.2) is 0 Å². The Labute approximate surface area is 119 Å². The second kappa shape index (κ2) is 4.98. The van der Waals surface area contributed by atoms with Crippen LogP contribution in [0.1, 0.15) is 67.8 Å². The molecule has 0 radical (unpaired) electrons. The van der Waals surface area contributed by atoms with Gasteiger partial charge >= 0.3 is 0 Å².